The zero-order valence-corrected chi connectivity index (χ0v) is 15.7. The first-order valence-corrected chi connectivity index (χ1v) is 9.55. The monoisotopic (exact) mass is 326 g/mol. The molecule has 1 saturated heterocycles. The number of aliphatic hydroxyl groups excluding tert-OH is 1. The number of aliphatic hydroxyl groups is 1. The van der Waals surface area contributed by atoms with Crippen LogP contribution in [-0.4, -0.2) is 61.5 Å². The highest BCUT2D eigenvalue weighted by Gasteiger charge is 2.35. The van der Waals surface area contributed by atoms with Gasteiger partial charge in [-0.05, 0) is 50.1 Å². The molecule has 1 saturated carbocycles. The molecule has 23 heavy (non-hydrogen) atoms. The van der Waals surface area contributed by atoms with E-state index in [1.54, 1.807) is 7.11 Å². The maximum absolute atomic E-state index is 9.87. The third-order valence-electron chi connectivity index (χ3n) is 5.74. The molecule has 4 nitrogen and oxygen atoms in total. The van der Waals surface area contributed by atoms with Crippen LogP contribution in [-0.2, 0) is 4.74 Å². The summed E-state index contributed by atoms with van der Waals surface area (Å²) in [5.74, 6) is 0.804. The summed E-state index contributed by atoms with van der Waals surface area (Å²) in [6, 6.07) is 1.35. The van der Waals surface area contributed by atoms with Gasteiger partial charge in [0.2, 0.25) is 0 Å². The fourth-order valence-electron chi connectivity index (χ4n) is 4.50. The molecule has 0 aromatic rings. The normalized spacial score (nSPS) is 29.6. The van der Waals surface area contributed by atoms with Gasteiger partial charge in [0.05, 0.1) is 12.7 Å². The highest BCUT2D eigenvalue weighted by Crippen LogP contribution is 2.38. The van der Waals surface area contributed by atoms with Gasteiger partial charge in [0.1, 0.15) is 0 Å². The quantitative estimate of drug-likeness (QED) is 0.788. The molecule has 2 N–H and O–H groups in total. The second-order valence-corrected chi connectivity index (χ2v) is 8.71. The van der Waals surface area contributed by atoms with E-state index in [0.717, 1.165) is 25.6 Å². The Morgan fingerprint density at radius 2 is 1.78 bits per heavy atom. The zero-order valence-electron chi connectivity index (χ0n) is 15.7. The Morgan fingerprint density at radius 1 is 1.13 bits per heavy atom. The standard InChI is InChI=1S/C19H38N2O2/c1-19(2,3)17-7-5-6-8-18(17)20-15-9-11-21(12-10-15)13-16(22)14-23-4/h15-18,20,22H,5-14H2,1-4H3. The van der Waals surface area contributed by atoms with Crippen molar-refractivity contribution in [2.24, 2.45) is 11.3 Å². The zero-order chi connectivity index (χ0) is 16.9. The Kier molecular flexibility index (Phi) is 7.33. The molecular weight excluding hydrogens is 288 g/mol. The average Bonchev–Trinajstić information content (AvgIpc) is 2.49. The maximum atomic E-state index is 9.87. The molecular formula is C19H38N2O2. The number of hydrogen-bond donors (Lipinski definition) is 2. The molecule has 136 valence electrons. The third-order valence-corrected chi connectivity index (χ3v) is 5.74. The van der Waals surface area contributed by atoms with Gasteiger partial charge >= 0.3 is 0 Å². The minimum atomic E-state index is -0.354. The summed E-state index contributed by atoms with van der Waals surface area (Å²) >= 11 is 0. The van der Waals surface area contributed by atoms with Crippen LogP contribution in [0.15, 0.2) is 0 Å². The molecule has 0 radical (unpaired) electrons. The number of hydrogen-bond acceptors (Lipinski definition) is 4. The van der Waals surface area contributed by atoms with Crippen LogP contribution in [0.1, 0.15) is 59.3 Å². The lowest BCUT2D eigenvalue weighted by molar-refractivity contribution is 0.0291. The Labute approximate surface area is 143 Å². The van der Waals surface area contributed by atoms with Crippen LogP contribution in [0.3, 0.4) is 0 Å². The first kappa shape index (κ1) is 19.2. The highest BCUT2D eigenvalue weighted by molar-refractivity contribution is 4.91. The first-order chi connectivity index (χ1) is 10.9. The summed E-state index contributed by atoms with van der Waals surface area (Å²) in [6.07, 6.45) is 7.55. The summed E-state index contributed by atoms with van der Waals surface area (Å²) in [7, 11) is 1.65. The number of β-amino-alcohol motifs (C(OH)–C–C–N with tert-alkyl or cyclic N) is 1. The molecule has 2 aliphatic rings. The number of likely N-dealkylation sites (tertiary alicyclic amines) is 1. The fourth-order valence-corrected chi connectivity index (χ4v) is 4.50. The van der Waals surface area contributed by atoms with Crippen LogP contribution in [0, 0.1) is 11.3 Å². The van der Waals surface area contributed by atoms with Gasteiger partial charge < -0.3 is 20.1 Å². The van der Waals surface area contributed by atoms with Crippen molar-refractivity contribution in [1.29, 1.82) is 0 Å². The molecule has 3 atom stereocenters. The number of methoxy groups -OCH3 is 1. The Balaban J connectivity index is 1.77. The van der Waals surface area contributed by atoms with E-state index in [1.165, 1.54) is 38.5 Å². The smallest absolute Gasteiger partial charge is 0.0900 e. The van der Waals surface area contributed by atoms with Crippen LogP contribution < -0.4 is 5.32 Å². The molecule has 2 rings (SSSR count). The molecule has 1 aliphatic heterocycles. The number of rotatable bonds is 6. The van der Waals surface area contributed by atoms with Crippen molar-refractivity contribution in [3.05, 3.63) is 0 Å². The van der Waals surface area contributed by atoms with Crippen LogP contribution in [0.25, 0.3) is 0 Å². The third kappa shape index (κ3) is 6.00. The van der Waals surface area contributed by atoms with Gasteiger partial charge in [-0.15, -0.1) is 0 Å². The van der Waals surface area contributed by atoms with Crippen molar-refractivity contribution in [2.75, 3.05) is 33.4 Å². The molecule has 0 bridgehead atoms. The summed E-state index contributed by atoms with van der Waals surface area (Å²) in [5.41, 5.74) is 0.406. The summed E-state index contributed by atoms with van der Waals surface area (Å²) in [4.78, 5) is 2.38. The van der Waals surface area contributed by atoms with Crippen molar-refractivity contribution < 1.29 is 9.84 Å². The number of ether oxygens (including phenoxy) is 1. The predicted molar refractivity (Wildman–Crippen MR) is 95.7 cm³/mol. The van der Waals surface area contributed by atoms with E-state index in [9.17, 15) is 5.11 Å². The van der Waals surface area contributed by atoms with Crippen molar-refractivity contribution in [1.82, 2.24) is 10.2 Å². The molecule has 0 aromatic carbocycles. The van der Waals surface area contributed by atoms with Gasteiger partial charge in [0.15, 0.2) is 0 Å². The van der Waals surface area contributed by atoms with Crippen molar-refractivity contribution >= 4 is 0 Å². The molecule has 4 heteroatoms. The molecule has 1 aliphatic carbocycles. The average molecular weight is 327 g/mol. The lowest BCUT2D eigenvalue weighted by Gasteiger charge is -2.44. The molecule has 3 unspecified atom stereocenters. The lowest BCUT2D eigenvalue weighted by atomic mass is 9.69. The van der Waals surface area contributed by atoms with Crippen LogP contribution >= 0.6 is 0 Å². The van der Waals surface area contributed by atoms with Gasteiger partial charge in [0.25, 0.3) is 0 Å². The number of nitrogens with zero attached hydrogens (tertiary/aromatic N) is 1. The topological polar surface area (TPSA) is 44.7 Å². The van der Waals surface area contributed by atoms with E-state index >= 15 is 0 Å². The van der Waals surface area contributed by atoms with E-state index in [4.69, 9.17) is 4.74 Å². The van der Waals surface area contributed by atoms with Gasteiger partial charge in [-0.2, -0.15) is 0 Å². The second-order valence-electron chi connectivity index (χ2n) is 8.71. The highest BCUT2D eigenvalue weighted by atomic mass is 16.5. The van der Waals surface area contributed by atoms with Gasteiger partial charge in [-0.3, -0.25) is 0 Å². The first-order valence-electron chi connectivity index (χ1n) is 9.55. The summed E-state index contributed by atoms with van der Waals surface area (Å²) in [6.45, 7) is 10.6. The van der Waals surface area contributed by atoms with Crippen LogP contribution in [0.5, 0.6) is 0 Å². The van der Waals surface area contributed by atoms with E-state index < -0.39 is 0 Å². The Morgan fingerprint density at radius 3 is 2.39 bits per heavy atom. The fraction of sp³-hybridized carbons (Fsp3) is 1.00. The maximum Gasteiger partial charge on any atom is 0.0900 e. The van der Waals surface area contributed by atoms with Gasteiger partial charge in [0, 0.05) is 25.7 Å². The minimum Gasteiger partial charge on any atom is -0.389 e. The predicted octanol–water partition coefficient (Wildman–Crippen LogP) is 2.65. The van der Waals surface area contributed by atoms with Crippen molar-refractivity contribution in [3.63, 3.8) is 0 Å². The van der Waals surface area contributed by atoms with Crippen molar-refractivity contribution in [2.45, 2.75) is 77.5 Å². The lowest BCUT2D eigenvalue weighted by Crippen LogP contribution is -2.52. The van der Waals surface area contributed by atoms with Crippen LogP contribution in [0.2, 0.25) is 0 Å². The number of piperidine rings is 1. The van der Waals surface area contributed by atoms with E-state index in [-0.39, 0.29) is 6.10 Å². The largest absolute Gasteiger partial charge is 0.389 e. The second kappa shape index (κ2) is 8.80. The van der Waals surface area contributed by atoms with E-state index in [1.807, 2.05) is 0 Å². The van der Waals surface area contributed by atoms with Crippen LogP contribution in [0.4, 0.5) is 0 Å². The molecule has 0 aromatic heterocycles. The molecule has 0 spiro atoms. The van der Waals surface area contributed by atoms with Gasteiger partial charge in [-0.25, -0.2) is 0 Å². The minimum absolute atomic E-state index is 0.354. The van der Waals surface area contributed by atoms with E-state index in [2.05, 4.69) is 31.0 Å². The summed E-state index contributed by atoms with van der Waals surface area (Å²) < 4.78 is 5.02. The SMILES string of the molecule is COCC(O)CN1CCC(NC2CCCCC2C(C)(C)C)CC1. The summed E-state index contributed by atoms with van der Waals surface area (Å²) in [5, 5.41) is 13.9. The molecule has 2 fully saturated rings. The Hall–Kier alpha value is -0.160. The number of nitrogens with one attached hydrogen (secondary N) is 1. The molecule has 0 amide bonds. The Bertz CT molecular complexity index is 335. The van der Waals surface area contributed by atoms with Crippen molar-refractivity contribution in [3.8, 4) is 0 Å². The van der Waals surface area contributed by atoms with Gasteiger partial charge in [-0.1, -0.05) is 33.6 Å². The van der Waals surface area contributed by atoms with E-state index in [0.29, 0.717) is 24.1 Å². The molecule has 1 heterocycles.